The van der Waals surface area contributed by atoms with Crippen molar-refractivity contribution in [2.75, 3.05) is 4.90 Å². The number of hydrogen-bond donors (Lipinski definition) is 2. The molecule has 0 bridgehead atoms. The van der Waals surface area contributed by atoms with Crippen LogP contribution in [0.5, 0.6) is 0 Å². The highest BCUT2D eigenvalue weighted by Crippen LogP contribution is 2.23. The van der Waals surface area contributed by atoms with E-state index in [0.29, 0.717) is 4.90 Å². The number of nitrogens with one attached hydrogen (secondary N) is 1. The Kier molecular flexibility index (Phi) is 3.46. The largest absolute Gasteiger partial charge is 0.481 e. The van der Waals surface area contributed by atoms with Gasteiger partial charge in [0, 0.05) is 6.42 Å². The van der Waals surface area contributed by atoms with Gasteiger partial charge >= 0.3 is 12.0 Å². The molecule has 1 saturated heterocycles. The highest BCUT2D eigenvalue weighted by Gasteiger charge is 2.39. The van der Waals surface area contributed by atoms with Crippen LogP contribution in [0.1, 0.15) is 12.8 Å². The molecule has 100 valence electrons. The maximum absolute atomic E-state index is 13.6. The van der Waals surface area contributed by atoms with Crippen LogP contribution in [0, 0.1) is 5.82 Å². The number of carbonyl (C=O) groups excluding carboxylic acids is 2. The van der Waals surface area contributed by atoms with Gasteiger partial charge in [0.25, 0.3) is 5.91 Å². The van der Waals surface area contributed by atoms with E-state index in [4.69, 9.17) is 5.11 Å². The predicted octanol–water partition coefficient (Wildman–Crippen LogP) is 1.12. The van der Waals surface area contributed by atoms with Crippen LogP contribution in [0.25, 0.3) is 0 Å². The van der Waals surface area contributed by atoms with Crippen LogP contribution in [0.4, 0.5) is 14.9 Å². The lowest BCUT2D eigenvalue weighted by Crippen LogP contribution is -2.32. The number of anilines is 1. The number of carboxylic acids is 1. The second-order valence-corrected chi connectivity index (χ2v) is 4.06. The molecule has 0 aliphatic carbocycles. The Morgan fingerprint density at radius 3 is 2.68 bits per heavy atom. The Hall–Kier alpha value is -2.44. The first kappa shape index (κ1) is 13.0. The minimum Gasteiger partial charge on any atom is -0.481 e. The number of hydrogen-bond acceptors (Lipinski definition) is 3. The first-order chi connectivity index (χ1) is 9.00. The van der Waals surface area contributed by atoms with Gasteiger partial charge in [-0.3, -0.25) is 9.59 Å². The van der Waals surface area contributed by atoms with Crippen molar-refractivity contribution < 1.29 is 23.9 Å². The van der Waals surface area contributed by atoms with Crippen LogP contribution in [0.2, 0.25) is 0 Å². The van der Waals surface area contributed by atoms with Gasteiger partial charge in [0.1, 0.15) is 11.9 Å². The van der Waals surface area contributed by atoms with E-state index in [9.17, 15) is 18.8 Å². The van der Waals surface area contributed by atoms with E-state index in [2.05, 4.69) is 5.32 Å². The molecule has 0 spiro atoms. The molecule has 1 atom stereocenters. The molecule has 1 aliphatic heterocycles. The van der Waals surface area contributed by atoms with Crippen molar-refractivity contribution in [2.24, 2.45) is 0 Å². The summed E-state index contributed by atoms with van der Waals surface area (Å²) in [5.74, 6) is -2.40. The Balaban J connectivity index is 2.19. The molecule has 1 aliphatic rings. The van der Waals surface area contributed by atoms with E-state index in [1.165, 1.54) is 18.2 Å². The van der Waals surface area contributed by atoms with Crippen LogP contribution < -0.4 is 10.2 Å². The summed E-state index contributed by atoms with van der Waals surface area (Å²) in [6, 6.07) is 3.73. The van der Waals surface area contributed by atoms with Crippen LogP contribution in [0.15, 0.2) is 24.3 Å². The average molecular weight is 266 g/mol. The van der Waals surface area contributed by atoms with Crippen molar-refractivity contribution in [1.29, 1.82) is 0 Å². The van der Waals surface area contributed by atoms with Crippen molar-refractivity contribution in [3.63, 3.8) is 0 Å². The zero-order valence-corrected chi connectivity index (χ0v) is 9.80. The normalized spacial score (nSPS) is 18.6. The summed E-state index contributed by atoms with van der Waals surface area (Å²) < 4.78 is 13.6. The van der Waals surface area contributed by atoms with Crippen LogP contribution in [-0.2, 0) is 9.59 Å². The molecule has 1 aromatic carbocycles. The number of para-hydroxylation sites is 1. The Morgan fingerprint density at radius 1 is 1.37 bits per heavy atom. The summed E-state index contributed by atoms with van der Waals surface area (Å²) in [7, 11) is 0. The molecule has 0 aromatic heterocycles. The molecule has 1 aromatic rings. The summed E-state index contributed by atoms with van der Waals surface area (Å²) in [5.41, 5.74) is -0.136. The number of imide groups is 1. The van der Waals surface area contributed by atoms with Gasteiger partial charge in [-0.1, -0.05) is 12.1 Å². The topological polar surface area (TPSA) is 86.7 Å². The number of benzene rings is 1. The molecule has 2 rings (SSSR count). The quantitative estimate of drug-likeness (QED) is 0.799. The van der Waals surface area contributed by atoms with E-state index >= 15 is 0 Å². The zero-order valence-electron chi connectivity index (χ0n) is 9.80. The predicted molar refractivity (Wildman–Crippen MR) is 63.1 cm³/mol. The maximum Gasteiger partial charge on any atom is 0.329 e. The van der Waals surface area contributed by atoms with E-state index in [0.717, 1.165) is 6.07 Å². The second-order valence-electron chi connectivity index (χ2n) is 4.06. The number of nitrogens with zero attached hydrogens (tertiary/aromatic N) is 1. The molecule has 2 N–H and O–H groups in total. The molecule has 1 unspecified atom stereocenters. The van der Waals surface area contributed by atoms with Gasteiger partial charge in [0.15, 0.2) is 0 Å². The molecule has 0 radical (unpaired) electrons. The highest BCUT2D eigenvalue weighted by molar-refractivity contribution is 6.21. The third kappa shape index (κ3) is 2.54. The molecule has 1 fully saturated rings. The summed E-state index contributed by atoms with van der Waals surface area (Å²) >= 11 is 0. The van der Waals surface area contributed by atoms with Crippen molar-refractivity contribution in [3.05, 3.63) is 30.1 Å². The number of rotatable bonds is 4. The first-order valence-electron chi connectivity index (χ1n) is 5.61. The molecule has 3 amide bonds. The van der Waals surface area contributed by atoms with Gasteiger partial charge in [-0.2, -0.15) is 0 Å². The molecular weight excluding hydrogens is 255 g/mol. The fourth-order valence-corrected chi connectivity index (χ4v) is 1.86. The number of urea groups is 1. The number of carboxylic acid groups (broad SMARTS) is 1. The molecule has 19 heavy (non-hydrogen) atoms. The maximum atomic E-state index is 13.6. The minimum absolute atomic E-state index is 0.0230. The Bertz CT molecular complexity index is 546. The van der Waals surface area contributed by atoms with Gasteiger partial charge in [-0.15, -0.1) is 0 Å². The smallest absolute Gasteiger partial charge is 0.329 e. The molecular formula is C12H11FN2O4. The third-order valence-electron chi connectivity index (χ3n) is 2.76. The van der Waals surface area contributed by atoms with Gasteiger partial charge < -0.3 is 10.4 Å². The number of aliphatic carboxylic acids is 1. The van der Waals surface area contributed by atoms with E-state index in [-0.39, 0.29) is 18.5 Å². The van der Waals surface area contributed by atoms with E-state index < -0.39 is 29.8 Å². The summed E-state index contributed by atoms with van der Waals surface area (Å²) in [6.45, 7) is 0. The zero-order chi connectivity index (χ0) is 14.0. The summed E-state index contributed by atoms with van der Waals surface area (Å²) in [4.78, 5) is 34.8. The van der Waals surface area contributed by atoms with Crippen molar-refractivity contribution in [2.45, 2.75) is 18.9 Å². The average Bonchev–Trinajstić information content (AvgIpc) is 2.63. The van der Waals surface area contributed by atoms with Gasteiger partial charge in [-0.25, -0.2) is 14.1 Å². The molecule has 1 heterocycles. The lowest BCUT2D eigenvalue weighted by Gasteiger charge is -2.13. The lowest BCUT2D eigenvalue weighted by atomic mass is 10.1. The molecule has 6 nitrogen and oxygen atoms in total. The summed E-state index contributed by atoms with van der Waals surface area (Å²) in [5, 5.41) is 10.9. The molecule has 7 heteroatoms. The Morgan fingerprint density at radius 2 is 2.05 bits per heavy atom. The van der Waals surface area contributed by atoms with E-state index in [1.54, 1.807) is 0 Å². The lowest BCUT2D eigenvalue weighted by molar-refractivity contribution is -0.137. The third-order valence-corrected chi connectivity index (χ3v) is 2.76. The van der Waals surface area contributed by atoms with Gasteiger partial charge in [0.05, 0.1) is 5.69 Å². The standard InChI is InChI=1S/C12H11FN2O4/c13-7-3-1-2-4-9(7)15-11(18)8(14-12(15)19)5-6-10(16)17/h1-4,8H,5-6H2,(H,14,19)(H,16,17). The highest BCUT2D eigenvalue weighted by atomic mass is 19.1. The van der Waals surface area contributed by atoms with Crippen molar-refractivity contribution in [3.8, 4) is 0 Å². The molecule has 0 saturated carbocycles. The van der Waals surface area contributed by atoms with Crippen LogP contribution >= 0.6 is 0 Å². The first-order valence-corrected chi connectivity index (χ1v) is 5.61. The minimum atomic E-state index is -1.06. The SMILES string of the molecule is O=C(O)CCC1NC(=O)N(c2ccccc2F)C1=O. The fraction of sp³-hybridized carbons (Fsp3) is 0.250. The second kappa shape index (κ2) is 5.05. The summed E-state index contributed by atoms with van der Waals surface area (Å²) in [6.07, 6.45) is -0.271. The van der Waals surface area contributed by atoms with Gasteiger partial charge in [0.2, 0.25) is 0 Å². The van der Waals surface area contributed by atoms with Crippen LogP contribution in [-0.4, -0.2) is 29.1 Å². The Labute approximate surface area is 107 Å². The monoisotopic (exact) mass is 266 g/mol. The van der Waals surface area contributed by atoms with Crippen molar-refractivity contribution >= 4 is 23.6 Å². The van der Waals surface area contributed by atoms with E-state index in [1.807, 2.05) is 0 Å². The fourth-order valence-electron chi connectivity index (χ4n) is 1.86. The van der Waals surface area contributed by atoms with Crippen LogP contribution in [0.3, 0.4) is 0 Å². The van der Waals surface area contributed by atoms with Crippen molar-refractivity contribution in [1.82, 2.24) is 5.32 Å². The number of amides is 3. The van der Waals surface area contributed by atoms with Gasteiger partial charge in [-0.05, 0) is 18.6 Å². The number of carbonyl (C=O) groups is 3. The number of halogens is 1.